The number of carbonyl (C=O) groups is 1. The molecule has 0 aromatic heterocycles. The molecule has 0 fully saturated rings. The molecule has 116 valence electrons. The van der Waals surface area contributed by atoms with Crippen LogP contribution in [0.1, 0.15) is 25.0 Å². The smallest absolute Gasteiger partial charge is 0.267 e. The second-order valence-corrected chi connectivity index (χ2v) is 6.20. The maximum absolute atomic E-state index is 12.5. The second-order valence-electron chi connectivity index (χ2n) is 5.77. The summed E-state index contributed by atoms with van der Waals surface area (Å²) in [6.45, 7) is 7.47. The Kier molecular flexibility index (Phi) is 4.77. The predicted molar refractivity (Wildman–Crippen MR) is 90.7 cm³/mol. The molecule has 22 heavy (non-hydrogen) atoms. The van der Waals surface area contributed by atoms with Crippen molar-refractivity contribution in [3.8, 4) is 5.75 Å². The minimum Gasteiger partial charge on any atom is -0.478 e. The van der Waals surface area contributed by atoms with Crippen molar-refractivity contribution < 1.29 is 9.53 Å². The molecular weight excluding hydrogens is 298 g/mol. The van der Waals surface area contributed by atoms with Gasteiger partial charge in [0.2, 0.25) is 0 Å². The van der Waals surface area contributed by atoms with E-state index in [9.17, 15) is 4.79 Å². The first-order chi connectivity index (χ1) is 10.3. The van der Waals surface area contributed by atoms with Crippen LogP contribution in [0.15, 0.2) is 42.5 Å². The monoisotopic (exact) mass is 317 g/mol. The number of nitrogens with one attached hydrogen (secondary N) is 1. The van der Waals surface area contributed by atoms with E-state index >= 15 is 0 Å². The Morgan fingerprint density at radius 2 is 1.73 bits per heavy atom. The van der Waals surface area contributed by atoms with Gasteiger partial charge < -0.3 is 10.1 Å². The zero-order valence-electron chi connectivity index (χ0n) is 13.2. The molecule has 0 aliphatic carbocycles. The van der Waals surface area contributed by atoms with Gasteiger partial charge in [-0.2, -0.15) is 0 Å². The Morgan fingerprint density at radius 1 is 1.09 bits per heavy atom. The first-order valence-electron chi connectivity index (χ1n) is 7.12. The van der Waals surface area contributed by atoms with Crippen molar-refractivity contribution in [1.82, 2.24) is 0 Å². The van der Waals surface area contributed by atoms with E-state index in [0.717, 1.165) is 16.8 Å². The van der Waals surface area contributed by atoms with E-state index in [1.54, 1.807) is 38.1 Å². The zero-order valence-corrected chi connectivity index (χ0v) is 14.0. The van der Waals surface area contributed by atoms with Crippen molar-refractivity contribution in [2.24, 2.45) is 0 Å². The van der Waals surface area contributed by atoms with Gasteiger partial charge in [0, 0.05) is 10.7 Å². The van der Waals surface area contributed by atoms with Crippen molar-refractivity contribution in [2.45, 2.75) is 33.3 Å². The van der Waals surface area contributed by atoms with Crippen LogP contribution in [0.3, 0.4) is 0 Å². The first-order valence-corrected chi connectivity index (χ1v) is 7.49. The summed E-state index contributed by atoms with van der Waals surface area (Å²) in [5, 5.41) is 3.56. The van der Waals surface area contributed by atoms with Crippen molar-refractivity contribution in [2.75, 3.05) is 5.32 Å². The molecule has 1 amide bonds. The molecule has 0 aliphatic rings. The van der Waals surface area contributed by atoms with E-state index in [1.165, 1.54) is 0 Å². The lowest BCUT2D eigenvalue weighted by atomic mass is 10.1. The standard InChI is InChI=1S/C18H20ClNO2/c1-12-6-5-7-16(13(12)2)20-17(21)18(3,4)22-15-10-8-14(19)9-11-15/h5-11H,1-4H3,(H,20,21). The fraction of sp³-hybridized carbons (Fsp3) is 0.278. The zero-order chi connectivity index (χ0) is 16.3. The molecular formula is C18H20ClNO2. The average Bonchev–Trinajstić information content (AvgIpc) is 2.46. The van der Waals surface area contributed by atoms with Crippen LogP contribution < -0.4 is 10.1 Å². The van der Waals surface area contributed by atoms with Gasteiger partial charge in [-0.05, 0) is 69.2 Å². The normalized spacial score (nSPS) is 11.1. The van der Waals surface area contributed by atoms with E-state index < -0.39 is 5.60 Å². The van der Waals surface area contributed by atoms with Crippen molar-refractivity contribution >= 4 is 23.2 Å². The number of aryl methyl sites for hydroxylation is 1. The fourth-order valence-corrected chi connectivity index (χ4v) is 2.13. The number of hydrogen-bond acceptors (Lipinski definition) is 2. The maximum Gasteiger partial charge on any atom is 0.267 e. The number of rotatable bonds is 4. The molecule has 2 aromatic carbocycles. The van der Waals surface area contributed by atoms with Gasteiger partial charge in [-0.3, -0.25) is 4.79 Å². The Bertz CT molecular complexity index is 678. The van der Waals surface area contributed by atoms with Gasteiger partial charge >= 0.3 is 0 Å². The van der Waals surface area contributed by atoms with Gasteiger partial charge in [-0.15, -0.1) is 0 Å². The predicted octanol–water partition coefficient (Wildman–Crippen LogP) is 4.75. The number of benzene rings is 2. The SMILES string of the molecule is Cc1cccc(NC(=O)C(C)(C)Oc2ccc(Cl)cc2)c1C. The van der Waals surface area contributed by atoms with E-state index in [4.69, 9.17) is 16.3 Å². The number of hydrogen-bond donors (Lipinski definition) is 1. The number of ether oxygens (including phenoxy) is 1. The lowest BCUT2D eigenvalue weighted by molar-refractivity contribution is -0.128. The number of amides is 1. The molecule has 0 radical (unpaired) electrons. The van der Waals surface area contributed by atoms with Crippen molar-refractivity contribution in [3.63, 3.8) is 0 Å². The quantitative estimate of drug-likeness (QED) is 0.883. The highest BCUT2D eigenvalue weighted by Crippen LogP contribution is 2.24. The largest absolute Gasteiger partial charge is 0.478 e. The van der Waals surface area contributed by atoms with Crippen LogP contribution in [0.25, 0.3) is 0 Å². The van der Waals surface area contributed by atoms with E-state index in [-0.39, 0.29) is 5.91 Å². The van der Waals surface area contributed by atoms with E-state index in [1.807, 2.05) is 32.0 Å². The van der Waals surface area contributed by atoms with E-state index in [2.05, 4.69) is 5.32 Å². The molecule has 1 N–H and O–H groups in total. The molecule has 0 unspecified atom stereocenters. The average molecular weight is 318 g/mol. The van der Waals surface area contributed by atoms with Crippen LogP contribution in [0.4, 0.5) is 5.69 Å². The third-order valence-corrected chi connectivity index (χ3v) is 3.84. The number of anilines is 1. The summed E-state index contributed by atoms with van der Waals surface area (Å²) >= 11 is 5.85. The van der Waals surface area contributed by atoms with Gasteiger partial charge in [0.05, 0.1) is 0 Å². The Hall–Kier alpha value is -2.00. The third kappa shape index (κ3) is 3.80. The fourth-order valence-electron chi connectivity index (χ4n) is 2.00. The molecule has 0 saturated carbocycles. The Morgan fingerprint density at radius 3 is 2.36 bits per heavy atom. The summed E-state index contributed by atoms with van der Waals surface area (Å²) in [4.78, 5) is 12.5. The van der Waals surface area contributed by atoms with Crippen molar-refractivity contribution in [1.29, 1.82) is 0 Å². The lowest BCUT2D eigenvalue weighted by Gasteiger charge is -2.26. The summed E-state index contributed by atoms with van der Waals surface area (Å²) in [7, 11) is 0. The highest BCUT2D eigenvalue weighted by atomic mass is 35.5. The van der Waals surface area contributed by atoms with Gasteiger partial charge in [-0.1, -0.05) is 23.7 Å². The van der Waals surface area contributed by atoms with Crippen LogP contribution >= 0.6 is 11.6 Å². The van der Waals surface area contributed by atoms with E-state index in [0.29, 0.717) is 10.8 Å². The summed E-state index contributed by atoms with van der Waals surface area (Å²) in [6.07, 6.45) is 0. The molecule has 2 aromatic rings. The molecule has 0 bridgehead atoms. The summed E-state index contributed by atoms with van der Waals surface area (Å²) in [6, 6.07) is 12.8. The molecule has 0 spiro atoms. The van der Waals surface area contributed by atoms with Gasteiger partial charge in [-0.25, -0.2) is 0 Å². The summed E-state index contributed by atoms with van der Waals surface area (Å²) in [5.41, 5.74) is 1.99. The van der Waals surface area contributed by atoms with Crippen molar-refractivity contribution in [3.05, 3.63) is 58.6 Å². The molecule has 2 rings (SSSR count). The minimum absolute atomic E-state index is 0.198. The van der Waals surface area contributed by atoms with Crippen LogP contribution in [-0.2, 0) is 4.79 Å². The lowest BCUT2D eigenvalue weighted by Crippen LogP contribution is -2.42. The topological polar surface area (TPSA) is 38.3 Å². The first kappa shape index (κ1) is 16.4. The molecule has 0 aliphatic heterocycles. The number of halogens is 1. The summed E-state index contributed by atoms with van der Waals surface area (Å²) in [5.74, 6) is 0.404. The maximum atomic E-state index is 12.5. The molecule has 0 heterocycles. The summed E-state index contributed by atoms with van der Waals surface area (Å²) < 4.78 is 5.79. The highest BCUT2D eigenvalue weighted by molar-refractivity contribution is 6.30. The second kappa shape index (κ2) is 6.41. The van der Waals surface area contributed by atoms with Gasteiger partial charge in [0.25, 0.3) is 5.91 Å². The minimum atomic E-state index is -0.996. The van der Waals surface area contributed by atoms with Crippen LogP contribution in [-0.4, -0.2) is 11.5 Å². The van der Waals surface area contributed by atoms with Gasteiger partial charge in [0.15, 0.2) is 5.60 Å². The Labute approximate surface area is 136 Å². The van der Waals surface area contributed by atoms with Crippen LogP contribution in [0, 0.1) is 13.8 Å². The molecule has 3 nitrogen and oxygen atoms in total. The Balaban J connectivity index is 2.13. The molecule has 4 heteroatoms. The van der Waals surface area contributed by atoms with Crippen LogP contribution in [0.5, 0.6) is 5.75 Å². The third-order valence-electron chi connectivity index (χ3n) is 3.59. The highest BCUT2D eigenvalue weighted by Gasteiger charge is 2.30. The number of carbonyl (C=O) groups excluding carboxylic acids is 1. The van der Waals surface area contributed by atoms with Crippen LogP contribution in [0.2, 0.25) is 5.02 Å². The molecule has 0 saturated heterocycles. The van der Waals surface area contributed by atoms with Gasteiger partial charge in [0.1, 0.15) is 5.75 Å². The molecule has 0 atom stereocenters.